The summed E-state index contributed by atoms with van der Waals surface area (Å²) in [6, 6.07) is 2.92. The van der Waals surface area contributed by atoms with E-state index in [0.29, 0.717) is 12.1 Å². The summed E-state index contributed by atoms with van der Waals surface area (Å²) in [5.41, 5.74) is -1.82. The van der Waals surface area contributed by atoms with Crippen LogP contribution in [0.4, 0.5) is 30.7 Å². The van der Waals surface area contributed by atoms with Gasteiger partial charge in [0.1, 0.15) is 5.69 Å². The largest absolute Gasteiger partial charge is 0.451 e. The first-order valence-electron chi connectivity index (χ1n) is 9.45. The molecule has 1 heterocycles. The minimum Gasteiger partial charge on any atom is -0.348 e. The summed E-state index contributed by atoms with van der Waals surface area (Å²) in [6.45, 7) is 0. The summed E-state index contributed by atoms with van der Waals surface area (Å²) >= 11 is 0. The van der Waals surface area contributed by atoms with Crippen LogP contribution in [0.3, 0.4) is 0 Å². The smallest absolute Gasteiger partial charge is 0.348 e. The van der Waals surface area contributed by atoms with E-state index in [1.54, 1.807) is 0 Å². The number of hydrogen-bond donors (Lipinski definition) is 1. The van der Waals surface area contributed by atoms with Gasteiger partial charge in [0, 0.05) is 12.2 Å². The molecule has 3 rings (SSSR count). The number of benzene rings is 1. The summed E-state index contributed by atoms with van der Waals surface area (Å²) in [5, 5.41) is -0.499. The number of sulfone groups is 1. The molecule has 0 atom stereocenters. The van der Waals surface area contributed by atoms with Gasteiger partial charge in [0.25, 0.3) is 5.91 Å². The standard InChI is InChI=1S/C19H16F7N3O3S/c20-17(33(31,32)13-3-1-2-11(10-13)18(21,22)23)7-4-12(5-8-17)28-15(30)14-6-9-27-16(29-14)19(24,25)26/h1-3,6,9-10,12H,4-5,7-8H2,(H,28,30)/t12-,17-. The number of nitrogens with one attached hydrogen (secondary N) is 1. The topological polar surface area (TPSA) is 89.0 Å². The molecule has 1 aliphatic carbocycles. The van der Waals surface area contributed by atoms with E-state index in [1.165, 1.54) is 0 Å². The van der Waals surface area contributed by atoms with Gasteiger partial charge in [-0.05, 0) is 49.9 Å². The molecular formula is C19H16F7N3O3S. The Balaban J connectivity index is 1.70. The van der Waals surface area contributed by atoms with Crippen molar-refractivity contribution < 1.29 is 43.9 Å². The van der Waals surface area contributed by atoms with Gasteiger partial charge in [0.05, 0.1) is 10.5 Å². The maximum absolute atomic E-state index is 15.4. The third kappa shape index (κ3) is 5.25. The molecule has 6 nitrogen and oxygen atoms in total. The second-order valence-corrected chi connectivity index (χ2v) is 9.63. The van der Waals surface area contributed by atoms with Crippen molar-refractivity contribution in [3.05, 3.63) is 53.6 Å². The fourth-order valence-corrected chi connectivity index (χ4v) is 5.13. The van der Waals surface area contributed by atoms with E-state index in [4.69, 9.17) is 0 Å². The van der Waals surface area contributed by atoms with E-state index in [9.17, 15) is 39.6 Å². The molecule has 180 valence electrons. The summed E-state index contributed by atoms with van der Waals surface area (Å²) in [4.78, 5) is 17.6. The van der Waals surface area contributed by atoms with Crippen LogP contribution in [0.15, 0.2) is 41.4 Å². The molecule has 0 unspecified atom stereocenters. The van der Waals surface area contributed by atoms with Gasteiger partial charge >= 0.3 is 12.4 Å². The molecule has 0 radical (unpaired) electrons. The van der Waals surface area contributed by atoms with Crippen molar-refractivity contribution in [3.8, 4) is 0 Å². The number of alkyl halides is 7. The van der Waals surface area contributed by atoms with E-state index in [0.717, 1.165) is 24.4 Å². The van der Waals surface area contributed by atoms with Crippen LogP contribution in [0.2, 0.25) is 0 Å². The number of rotatable bonds is 4. The van der Waals surface area contributed by atoms with Crippen LogP contribution < -0.4 is 5.32 Å². The second kappa shape index (κ2) is 8.54. The number of aromatic nitrogens is 2. The molecule has 1 saturated carbocycles. The summed E-state index contributed by atoms with van der Waals surface area (Å²) < 4.78 is 118. The Morgan fingerprint density at radius 3 is 2.24 bits per heavy atom. The van der Waals surface area contributed by atoms with Crippen molar-refractivity contribution in [3.63, 3.8) is 0 Å². The Morgan fingerprint density at radius 1 is 1.03 bits per heavy atom. The lowest BCUT2D eigenvalue weighted by molar-refractivity contribution is -0.145. The number of carbonyl (C=O) groups is 1. The lowest BCUT2D eigenvalue weighted by atomic mass is 9.93. The lowest BCUT2D eigenvalue weighted by Crippen LogP contribution is -2.45. The van der Waals surface area contributed by atoms with Gasteiger partial charge in [0.2, 0.25) is 20.7 Å². The number of halogens is 7. The third-order valence-electron chi connectivity index (χ3n) is 5.16. The van der Waals surface area contributed by atoms with Gasteiger partial charge in [-0.2, -0.15) is 26.3 Å². The van der Waals surface area contributed by atoms with Crippen molar-refractivity contribution in [1.82, 2.24) is 15.3 Å². The van der Waals surface area contributed by atoms with Crippen molar-refractivity contribution in [2.24, 2.45) is 0 Å². The monoisotopic (exact) mass is 499 g/mol. The molecule has 1 aliphatic rings. The average molecular weight is 499 g/mol. The highest BCUT2D eigenvalue weighted by atomic mass is 32.2. The lowest BCUT2D eigenvalue weighted by Gasteiger charge is -2.33. The number of nitrogens with zero attached hydrogens (tertiary/aromatic N) is 2. The third-order valence-corrected chi connectivity index (χ3v) is 7.41. The maximum atomic E-state index is 15.4. The molecule has 33 heavy (non-hydrogen) atoms. The first-order chi connectivity index (χ1) is 15.1. The van der Waals surface area contributed by atoms with Gasteiger partial charge in [-0.25, -0.2) is 22.8 Å². The molecule has 2 aromatic rings. The average Bonchev–Trinajstić information content (AvgIpc) is 2.74. The Bertz CT molecular complexity index is 1140. The molecule has 0 bridgehead atoms. The SMILES string of the molecule is O=C(N[C@H]1CC[C@](F)(S(=O)(=O)c2cccc(C(F)(F)F)c2)CC1)c1ccnc(C(F)(F)F)n1. The molecule has 0 saturated heterocycles. The minimum atomic E-state index is -4.87. The van der Waals surface area contributed by atoms with Crippen molar-refractivity contribution in [2.45, 2.75) is 54.0 Å². The number of amides is 1. The molecular weight excluding hydrogens is 483 g/mol. The molecule has 1 aromatic carbocycles. The Morgan fingerprint density at radius 2 is 1.67 bits per heavy atom. The van der Waals surface area contributed by atoms with Gasteiger partial charge in [0.15, 0.2) is 0 Å². The molecule has 1 fully saturated rings. The van der Waals surface area contributed by atoms with Crippen LogP contribution in [0.1, 0.15) is 47.6 Å². The molecule has 1 N–H and O–H groups in total. The highest BCUT2D eigenvalue weighted by Gasteiger charge is 2.48. The van der Waals surface area contributed by atoms with Crippen molar-refractivity contribution in [1.29, 1.82) is 0 Å². The van der Waals surface area contributed by atoms with Crippen LogP contribution in [-0.2, 0) is 22.2 Å². The van der Waals surface area contributed by atoms with Crippen LogP contribution in [0.25, 0.3) is 0 Å². The zero-order valence-corrected chi connectivity index (χ0v) is 17.4. The van der Waals surface area contributed by atoms with Crippen LogP contribution in [-0.4, -0.2) is 35.3 Å². The fourth-order valence-electron chi connectivity index (χ4n) is 3.39. The predicted molar refractivity (Wildman–Crippen MR) is 99.2 cm³/mol. The van der Waals surface area contributed by atoms with Crippen molar-refractivity contribution in [2.75, 3.05) is 0 Å². The number of carbonyl (C=O) groups excluding carboxylic acids is 1. The normalized spacial score (nSPS) is 22.1. The van der Waals surface area contributed by atoms with Crippen LogP contribution in [0, 0.1) is 0 Å². The van der Waals surface area contributed by atoms with E-state index < -0.39 is 74.0 Å². The van der Waals surface area contributed by atoms with E-state index in [1.807, 2.05) is 0 Å². The zero-order valence-electron chi connectivity index (χ0n) is 16.5. The summed E-state index contributed by atoms with van der Waals surface area (Å²) in [7, 11) is -4.80. The molecule has 1 amide bonds. The minimum absolute atomic E-state index is 0.211. The van der Waals surface area contributed by atoms with Crippen LogP contribution >= 0.6 is 0 Å². The quantitative estimate of drug-likeness (QED) is 0.633. The molecule has 0 aliphatic heterocycles. The highest BCUT2D eigenvalue weighted by Crippen LogP contribution is 2.41. The van der Waals surface area contributed by atoms with Gasteiger partial charge < -0.3 is 5.32 Å². The maximum Gasteiger partial charge on any atom is 0.451 e. The van der Waals surface area contributed by atoms with Gasteiger partial charge in [-0.15, -0.1) is 0 Å². The van der Waals surface area contributed by atoms with E-state index >= 15 is 4.39 Å². The van der Waals surface area contributed by atoms with E-state index in [-0.39, 0.29) is 12.8 Å². The first-order valence-corrected chi connectivity index (χ1v) is 10.9. The second-order valence-electron chi connectivity index (χ2n) is 7.42. The highest BCUT2D eigenvalue weighted by molar-refractivity contribution is 7.92. The first kappa shape index (κ1) is 24.9. The van der Waals surface area contributed by atoms with Gasteiger partial charge in [-0.1, -0.05) is 6.07 Å². The molecule has 0 spiro atoms. The Kier molecular flexibility index (Phi) is 6.43. The summed E-state index contributed by atoms with van der Waals surface area (Å²) in [6.07, 6.45) is -10.6. The fraction of sp³-hybridized carbons (Fsp3) is 0.421. The molecule has 14 heteroatoms. The van der Waals surface area contributed by atoms with Gasteiger partial charge in [-0.3, -0.25) is 4.79 Å². The Hall–Kier alpha value is -2.77. The zero-order chi connectivity index (χ0) is 24.7. The van der Waals surface area contributed by atoms with Crippen LogP contribution in [0.5, 0.6) is 0 Å². The predicted octanol–water partition coefficient (Wildman–Crippen LogP) is 4.33. The Labute approximate surface area is 183 Å². The van der Waals surface area contributed by atoms with E-state index in [2.05, 4.69) is 15.3 Å². The molecule has 1 aromatic heterocycles. The number of hydrogen-bond acceptors (Lipinski definition) is 5. The summed E-state index contributed by atoms with van der Waals surface area (Å²) in [5.74, 6) is -2.51. The van der Waals surface area contributed by atoms with Crippen molar-refractivity contribution >= 4 is 15.7 Å².